The second-order valence-electron chi connectivity index (χ2n) is 7.90. The smallest absolute Gasteiger partial charge is 0.242 e. The van der Waals surface area contributed by atoms with Crippen molar-refractivity contribution in [2.24, 2.45) is 10.2 Å². The maximum absolute atomic E-state index is 11.9. The van der Waals surface area contributed by atoms with Gasteiger partial charge in [0.1, 0.15) is 9.15 Å². The zero-order chi connectivity index (χ0) is 25.2. The van der Waals surface area contributed by atoms with Crippen molar-refractivity contribution in [3.05, 3.63) is 102 Å². The molecule has 0 atom stereocenters. The molecule has 0 saturated carbocycles. The zero-order valence-corrected chi connectivity index (χ0v) is 22.3. The van der Waals surface area contributed by atoms with Gasteiger partial charge in [-0.2, -0.15) is 0 Å². The summed E-state index contributed by atoms with van der Waals surface area (Å²) in [6.07, 6.45) is 1.81. The number of azo groups is 1. The summed E-state index contributed by atoms with van der Waals surface area (Å²) >= 11 is 9.05. The fourth-order valence-electron chi connectivity index (χ4n) is 3.79. The van der Waals surface area contributed by atoms with Gasteiger partial charge in [0, 0.05) is 21.9 Å². The highest BCUT2D eigenvalue weighted by molar-refractivity contribution is 8.33. The van der Waals surface area contributed by atoms with E-state index in [1.807, 2.05) is 72.8 Å². The van der Waals surface area contributed by atoms with Crippen LogP contribution in [0, 0.1) is 0 Å². The molecule has 0 spiro atoms. The van der Waals surface area contributed by atoms with Crippen molar-refractivity contribution in [2.75, 3.05) is 4.90 Å². The average Bonchev–Trinajstić information content (AvgIpc) is 3.57. The normalized spacial score (nSPS) is 14.6. The number of benzene rings is 3. The molecule has 3 heterocycles. The first kappa shape index (κ1) is 23.7. The number of hydrogen-bond donors (Lipinski definition) is 1. The van der Waals surface area contributed by atoms with E-state index in [9.17, 15) is 4.79 Å². The lowest BCUT2D eigenvalue weighted by molar-refractivity contribution is -0.107. The number of carbonyl (C=O) groups is 1. The molecule has 0 aliphatic carbocycles. The van der Waals surface area contributed by atoms with E-state index in [0.29, 0.717) is 15.1 Å². The van der Waals surface area contributed by atoms with Crippen LogP contribution in [0.25, 0.3) is 15.6 Å². The number of aromatic nitrogens is 1. The largest absolute Gasteiger partial charge is 0.337 e. The molecule has 0 unspecified atom stereocenters. The van der Waals surface area contributed by atoms with E-state index in [1.165, 1.54) is 22.7 Å². The Morgan fingerprint density at radius 1 is 0.838 bits per heavy atom. The van der Waals surface area contributed by atoms with Crippen molar-refractivity contribution in [3.63, 3.8) is 0 Å². The highest BCUT2D eigenvalue weighted by atomic mass is 32.2. The Morgan fingerprint density at radius 3 is 2.08 bits per heavy atom. The molecule has 1 saturated heterocycles. The maximum Gasteiger partial charge on any atom is 0.242 e. The lowest BCUT2D eigenvalue weighted by Crippen LogP contribution is -2.09. The molecule has 1 aliphatic heterocycles. The average molecular weight is 556 g/mol. The van der Waals surface area contributed by atoms with Crippen LogP contribution in [0.5, 0.6) is 0 Å². The number of hydrogen-bond acceptors (Lipinski definition) is 9. The predicted octanol–water partition coefficient (Wildman–Crippen LogP) is 8.73. The zero-order valence-electron chi connectivity index (χ0n) is 19.1. The number of thioether (sulfide) groups is 1. The minimum absolute atomic E-state index is 0.0640. The van der Waals surface area contributed by atoms with Crippen LogP contribution in [-0.2, 0) is 4.79 Å². The van der Waals surface area contributed by atoms with E-state index in [-0.39, 0.29) is 5.12 Å². The van der Waals surface area contributed by atoms with Crippen LogP contribution in [0.15, 0.2) is 107 Å². The van der Waals surface area contributed by atoms with Crippen molar-refractivity contribution >= 4 is 99.6 Å². The Bertz CT molecular complexity index is 1590. The number of carbonyl (C=O) groups excluding carboxylic acids is 1. The molecule has 5 aromatic rings. The number of fused-ring (bicyclic) bond motifs is 1. The third-order valence-electron chi connectivity index (χ3n) is 5.41. The first-order valence-corrected chi connectivity index (χ1v) is 14.1. The Hall–Kier alpha value is -3.70. The molecule has 1 aliphatic rings. The summed E-state index contributed by atoms with van der Waals surface area (Å²) in [6, 6.07) is 30.5. The van der Waals surface area contributed by atoms with Gasteiger partial charge in [-0.3, -0.25) is 4.79 Å². The predicted molar refractivity (Wildman–Crippen MR) is 159 cm³/mol. The molecule has 10 heteroatoms. The van der Waals surface area contributed by atoms with E-state index in [0.717, 1.165) is 48.9 Å². The lowest BCUT2D eigenvalue weighted by atomic mass is 10.2. The molecule has 6 nitrogen and oxygen atoms in total. The summed E-state index contributed by atoms with van der Waals surface area (Å²) in [7, 11) is 0. The van der Waals surface area contributed by atoms with Gasteiger partial charge in [0.05, 0.1) is 16.1 Å². The van der Waals surface area contributed by atoms with Gasteiger partial charge in [0.25, 0.3) is 0 Å². The molecule has 6 rings (SSSR count). The Kier molecular flexibility index (Phi) is 6.62. The number of nitrogens with zero attached hydrogens (tertiary/aromatic N) is 4. The Balaban J connectivity index is 1.20. The van der Waals surface area contributed by atoms with Crippen molar-refractivity contribution in [2.45, 2.75) is 0 Å². The summed E-state index contributed by atoms with van der Waals surface area (Å²) in [5.41, 5.74) is 4.44. The van der Waals surface area contributed by atoms with Gasteiger partial charge in [-0.05, 0) is 72.4 Å². The molecule has 2 aromatic heterocycles. The monoisotopic (exact) mass is 555 g/mol. The molecule has 3 aromatic carbocycles. The van der Waals surface area contributed by atoms with Gasteiger partial charge >= 0.3 is 0 Å². The number of nitrogens with one attached hydrogen (secondary N) is 1. The maximum atomic E-state index is 11.9. The van der Waals surface area contributed by atoms with Gasteiger partial charge in [-0.25, -0.2) is 4.98 Å². The number of rotatable bonds is 6. The van der Waals surface area contributed by atoms with Crippen LogP contribution in [0.1, 0.15) is 4.88 Å². The molecule has 0 bridgehead atoms. The highest BCUT2D eigenvalue weighted by Crippen LogP contribution is 2.37. The number of para-hydroxylation sites is 2. The molecule has 0 amide bonds. The van der Waals surface area contributed by atoms with E-state index < -0.39 is 0 Å². The summed E-state index contributed by atoms with van der Waals surface area (Å²) in [5, 5.41) is 12.2. The van der Waals surface area contributed by atoms with Crippen LogP contribution in [0.4, 0.5) is 27.9 Å². The molecular weight excluding hydrogens is 539 g/mol. The van der Waals surface area contributed by atoms with E-state index >= 15 is 0 Å². The molecule has 37 heavy (non-hydrogen) atoms. The molecule has 1 N–H and O–H groups in total. The topological polar surface area (TPSA) is 70.0 Å². The summed E-state index contributed by atoms with van der Waals surface area (Å²) < 4.78 is 1.49. The van der Waals surface area contributed by atoms with Gasteiger partial charge in [0.15, 0.2) is 0 Å². The highest BCUT2D eigenvalue weighted by Gasteiger charge is 2.22. The molecular formula is C27H17N5OS4. The first-order valence-electron chi connectivity index (χ1n) is 11.2. The van der Waals surface area contributed by atoms with E-state index in [4.69, 9.17) is 12.2 Å². The molecule has 1 fully saturated rings. The number of thiocarbonyl (C=S) groups is 1. The third-order valence-corrected chi connectivity index (χ3v) is 8.45. The van der Waals surface area contributed by atoms with Crippen molar-refractivity contribution in [1.82, 2.24) is 10.3 Å². The van der Waals surface area contributed by atoms with Gasteiger partial charge in [-0.15, -0.1) is 21.6 Å². The lowest BCUT2D eigenvalue weighted by Gasteiger charge is -2.25. The molecule has 180 valence electrons. The Morgan fingerprint density at radius 2 is 1.49 bits per heavy atom. The number of thiophene rings is 1. The van der Waals surface area contributed by atoms with Crippen molar-refractivity contribution in [3.8, 4) is 0 Å². The third kappa shape index (κ3) is 5.23. The van der Waals surface area contributed by atoms with E-state index in [1.54, 1.807) is 0 Å². The fraction of sp³-hybridized carbons (Fsp3) is 0. The van der Waals surface area contributed by atoms with Gasteiger partial charge in [0.2, 0.25) is 10.2 Å². The first-order chi connectivity index (χ1) is 18.1. The van der Waals surface area contributed by atoms with Gasteiger partial charge in [-0.1, -0.05) is 60.0 Å². The SMILES string of the molecule is O=C1SC(=S)N/C1=C/c1cc2sc(/N=N/c3ccc(N(c4ccccc4)c4ccccc4)cc3)nc2s1. The van der Waals surface area contributed by atoms with E-state index in [2.05, 4.69) is 49.7 Å². The standard InChI is InChI=1S/C27H17N5OS4/c33-25-22(28-27(34)37-25)15-21-16-23-24(35-21)29-26(36-23)31-30-17-11-13-20(14-12-17)32(18-7-3-1-4-8-18)19-9-5-2-6-10-19/h1-16H,(H,28,34)/b22-15+,31-30+. The fourth-order valence-corrected chi connectivity index (χ4v) is 6.66. The Labute approximate surface area is 230 Å². The number of anilines is 3. The summed E-state index contributed by atoms with van der Waals surface area (Å²) in [4.78, 5) is 20.5. The van der Waals surface area contributed by atoms with Crippen LogP contribution in [-0.4, -0.2) is 14.4 Å². The minimum Gasteiger partial charge on any atom is -0.337 e. The van der Waals surface area contributed by atoms with Crippen molar-refractivity contribution < 1.29 is 4.79 Å². The quantitative estimate of drug-likeness (QED) is 0.128. The minimum atomic E-state index is -0.0640. The van der Waals surface area contributed by atoms with Crippen LogP contribution in [0.2, 0.25) is 0 Å². The second kappa shape index (κ2) is 10.3. The van der Waals surface area contributed by atoms with Crippen molar-refractivity contribution in [1.29, 1.82) is 0 Å². The molecule has 0 radical (unpaired) electrons. The van der Waals surface area contributed by atoms with Gasteiger partial charge < -0.3 is 10.2 Å². The number of thiazole rings is 1. The second-order valence-corrected chi connectivity index (χ2v) is 11.6. The van der Waals surface area contributed by atoms with Crippen LogP contribution in [0.3, 0.4) is 0 Å². The summed E-state index contributed by atoms with van der Waals surface area (Å²) in [5.74, 6) is 0. The van der Waals surface area contributed by atoms with Crippen LogP contribution < -0.4 is 10.2 Å². The summed E-state index contributed by atoms with van der Waals surface area (Å²) in [6.45, 7) is 0. The van der Waals surface area contributed by atoms with Crippen LogP contribution >= 0.6 is 46.7 Å².